The van der Waals surface area contributed by atoms with Gasteiger partial charge in [-0.2, -0.15) is 18.3 Å². The zero-order chi connectivity index (χ0) is 30.0. The number of anilines is 1. The van der Waals surface area contributed by atoms with Gasteiger partial charge in [0.2, 0.25) is 6.41 Å². The molecule has 0 aliphatic heterocycles. The topological polar surface area (TPSA) is 78.1 Å². The number of fused-ring (bicyclic) bond motifs is 1. The number of halogens is 3. The number of hydrogen-bond acceptors (Lipinski definition) is 5. The van der Waals surface area contributed by atoms with Gasteiger partial charge >= 0.3 is 6.18 Å². The van der Waals surface area contributed by atoms with Crippen LogP contribution in [0.1, 0.15) is 34.9 Å². The first-order chi connectivity index (χ1) is 20.1. The number of nitrogens with zero attached hydrogens (tertiary/aromatic N) is 6. The molecule has 0 unspecified atom stereocenters. The number of amides is 1. The molecule has 11 heteroatoms. The lowest BCUT2D eigenvalue weighted by Gasteiger charge is -2.22. The van der Waals surface area contributed by atoms with E-state index in [1.54, 1.807) is 44.0 Å². The molecule has 0 aliphatic carbocycles. The summed E-state index contributed by atoms with van der Waals surface area (Å²) in [5, 5.41) is 4.56. The molecule has 8 nitrogen and oxygen atoms in total. The van der Waals surface area contributed by atoms with Crippen molar-refractivity contribution in [2.24, 2.45) is 7.05 Å². The fraction of sp³-hybridized carbons (Fsp3) is 0.290. The Morgan fingerprint density at radius 1 is 1.05 bits per heavy atom. The quantitative estimate of drug-likeness (QED) is 0.187. The molecule has 0 fully saturated rings. The molecule has 3 aromatic heterocycles. The van der Waals surface area contributed by atoms with Crippen LogP contribution in [0.5, 0.6) is 5.75 Å². The molecule has 5 aromatic rings. The number of benzene rings is 2. The molecule has 218 valence electrons. The van der Waals surface area contributed by atoms with Gasteiger partial charge in [-0.05, 0) is 60.7 Å². The van der Waals surface area contributed by atoms with Crippen LogP contribution in [0.15, 0.2) is 61.4 Å². The minimum absolute atomic E-state index is 0.0470. The summed E-state index contributed by atoms with van der Waals surface area (Å²) < 4.78 is 51.2. The molecule has 0 atom stereocenters. The van der Waals surface area contributed by atoms with Crippen LogP contribution in [0, 0.1) is 13.8 Å². The van der Waals surface area contributed by atoms with Crippen molar-refractivity contribution in [2.75, 3.05) is 18.1 Å². The number of aryl methyl sites for hydroxylation is 4. The highest BCUT2D eigenvalue weighted by molar-refractivity contribution is 5.98. The van der Waals surface area contributed by atoms with E-state index in [9.17, 15) is 18.0 Å². The van der Waals surface area contributed by atoms with Crippen molar-refractivity contribution in [3.63, 3.8) is 0 Å². The largest absolute Gasteiger partial charge is 0.491 e. The molecule has 0 saturated carbocycles. The summed E-state index contributed by atoms with van der Waals surface area (Å²) in [7, 11) is 1.45. The lowest BCUT2D eigenvalue weighted by molar-refractivity contribution is -0.141. The summed E-state index contributed by atoms with van der Waals surface area (Å²) >= 11 is 0. The summed E-state index contributed by atoms with van der Waals surface area (Å²) in [6.45, 7) is 6.49. The second-order valence-corrected chi connectivity index (χ2v) is 10.2. The van der Waals surface area contributed by atoms with E-state index in [1.165, 1.54) is 18.1 Å². The number of rotatable bonds is 10. The standard InChI is InChI=1S/C31H31F3N6O2/c1-5-22-12-20(2)28-25(14-22)27(6-7-36-28)40(19-41)10-11-42-29-21(3)13-23(16-39-9-8-35-18-39)15-24(29)26-17-38(4)37-30(26)31(32,33)34/h6-9,12-15,17-19H,5,10-11,16H2,1-4H3. The van der Waals surface area contributed by atoms with Gasteiger partial charge in [0, 0.05) is 54.9 Å². The Morgan fingerprint density at radius 3 is 2.52 bits per heavy atom. The zero-order valence-corrected chi connectivity index (χ0v) is 23.8. The smallest absolute Gasteiger partial charge is 0.435 e. The predicted molar refractivity (Wildman–Crippen MR) is 154 cm³/mol. The van der Waals surface area contributed by atoms with E-state index >= 15 is 0 Å². The highest BCUT2D eigenvalue weighted by Crippen LogP contribution is 2.41. The van der Waals surface area contributed by atoms with E-state index in [0.717, 1.165) is 45.1 Å². The Balaban J connectivity index is 1.49. The highest BCUT2D eigenvalue weighted by atomic mass is 19.4. The SMILES string of the molecule is CCc1cc(C)c2nccc(N(C=O)CCOc3c(C)cc(Cn4ccnc4)cc3-c3cn(C)nc3C(F)(F)F)c2c1. The molecule has 5 rings (SSSR count). The van der Waals surface area contributed by atoms with Gasteiger partial charge in [-0.15, -0.1) is 0 Å². The number of alkyl halides is 3. The van der Waals surface area contributed by atoms with Crippen LogP contribution in [0.4, 0.5) is 18.9 Å². The third-order valence-electron chi connectivity index (χ3n) is 7.14. The van der Waals surface area contributed by atoms with Crippen molar-refractivity contribution >= 4 is 23.0 Å². The van der Waals surface area contributed by atoms with Gasteiger partial charge in [-0.1, -0.05) is 19.1 Å². The van der Waals surface area contributed by atoms with E-state index in [1.807, 2.05) is 23.6 Å². The van der Waals surface area contributed by atoms with Gasteiger partial charge in [0.15, 0.2) is 5.69 Å². The highest BCUT2D eigenvalue weighted by Gasteiger charge is 2.38. The number of aromatic nitrogens is 5. The van der Waals surface area contributed by atoms with Crippen LogP contribution in [0.3, 0.4) is 0 Å². The van der Waals surface area contributed by atoms with Crippen molar-refractivity contribution in [3.8, 4) is 16.9 Å². The molecule has 0 radical (unpaired) electrons. The zero-order valence-electron chi connectivity index (χ0n) is 23.8. The van der Waals surface area contributed by atoms with E-state index in [-0.39, 0.29) is 24.3 Å². The Hall–Kier alpha value is -4.67. The summed E-state index contributed by atoms with van der Waals surface area (Å²) in [6.07, 6.45) is 4.99. The number of imidazole rings is 1. The van der Waals surface area contributed by atoms with E-state index < -0.39 is 11.9 Å². The van der Waals surface area contributed by atoms with E-state index in [4.69, 9.17) is 4.74 Å². The van der Waals surface area contributed by atoms with Crippen LogP contribution in [0.2, 0.25) is 0 Å². The molecule has 2 aromatic carbocycles. The summed E-state index contributed by atoms with van der Waals surface area (Å²) in [5.74, 6) is 0.303. The molecule has 0 saturated heterocycles. The monoisotopic (exact) mass is 576 g/mol. The van der Waals surface area contributed by atoms with Crippen LogP contribution >= 0.6 is 0 Å². The average molecular weight is 577 g/mol. The van der Waals surface area contributed by atoms with E-state index in [2.05, 4.69) is 28.1 Å². The van der Waals surface area contributed by atoms with Crippen LogP contribution in [0.25, 0.3) is 22.0 Å². The third-order valence-corrected chi connectivity index (χ3v) is 7.14. The molecule has 0 spiro atoms. The summed E-state index contributed by atoms with van der Waals surface area (Å²) in [4.78, 5) is 22.3. The fourth-order valence-electron chi connectivity index (χ4n) is 5.24. The van der Waals surface area contributed by atoms with Gasteiger partial charge in [0.25, 0.3) is 0 Å². The molecule has 0 N–H and O–H groups in total. The first kappa shape index (κ1) is 28.8. The predicted octanol–water partition coefficient (Wildman–Crippen LogP) is 6.12. The summed E-state index contributed by atoms with van der Waals surface area (Å²) in [5.41, 5.74) is 4.29. The normalized spacial score (nSPS) is 11.7. The molecular formula is C31H31F3N6O2. The minimum Gasteiger partial charge on any atom is -0.491 e. The van der Waals surface area contributed by atoms with Crippen molar-refractivity contribution in [2.45, 2.75) is 39.9 Å². The lowest BCUT2D eigenvalue weighted by atomic mass is 9.98. The second-order valence-electron chi connectivity index (χ2n) is 10.2. The first-order valence-electron chi connectivity index (χ1n) is 13.5. The van der Waals surface area contributed by atoms with Crippen LogP contribution in [-0.4, -0.2) is 43.9 Å². The van der Waals surface area contributed by atoms with Crippen molar-refractivity contribution in [1.29, 1.82) is 0 Å². The van der Waals surface area contributed by atoms with Gasteiger partial charge in [-0.3, -0.25) is 14.5 Å². The molecule has 1 amide bonds. The molecule has 0 bridgehead atoms. The third kappa shape index (κ3) is 5.86. The number of ether oxygens (including phenoxy) is 1. The number of carbonyl (C=O) groups excluding carboxylic acids is 1. The van der Waals surface area contributed by atoms with Gasteiger partial charge < -0.3 is 14.2 Å². The first-order valence-corrected chi connectivity index (χ1v) is 13.5. The molecule has 42 heavy (non-hydrogen) atoms. The average Bonchev–Trinajstić information content (AvgIpc) is 3.61. The van der Waals surface area contributed by atoms with Crippen molar-refractivity contribution < 1.29 is 22.7 Å². The Morgan fingerprint density at radius 2 is 1.83 bits per heavy atom. The van der Waals surface area contributed by atoms with Crippen LogP contribution < -0.4 is 9.64 Å². The lowest BCUT2D eigenvalue weighted by Crippen LogP contribution is -2.27. The molecule has 0 aliphatic rings. The minimum atomic E-state index is -4.66. The summed E-state index contributed by atoms with van der Waals surface area (Å²) in [6, 6.07) is 9.47. The van der Waals surface area contributed by atoms with Gasteiger partial charge in [-0.25, -0.2) is 4.98 Å². The maximum absolute atomic E-state index is 14.0. The number of hydrogen-bond donors (Lipinski definition) is 0. The van der Waals surface area contributed by atoms with Gasteiger partial charge in [0.1, 0.15) is 12.4 Å². The Labute approximate surface area is 241 Å². The Kier molecular flexibility index (Phi) is 8.02. The number of carbonyl (C=O) groups is 1. The van der Waals surface area contributed by atoms with Crippen molar-refractivity contribution in [3.05, 3.63) is 89.4 Å². The fourth-order valence-corrected chi connectivity index (χ4v) is 5.24. The Bertz CT molecular complexity index is 1730. The van der Waals surface area contributed by atoms with E-state index in [0.29, 0.717) is 23.5 Å². The maximum Gasteiger partial charge on any atom is 0.435 e. The number of pyridine rings is 1. The molecular weight excluding hydrogens is 545 g/mol. The van der Waals surface area contributed by atoms with Crippen molar-refractivity contribution in [1.82, 2.24) is 24.3 Å². The van der Waals surface area contributed by atoms with Crippen LogP contribution in [-0.2, 0) is 31.0 Å². The van der Waals surface area contributed by atoms with Gasteiger partial charge in [0.05, 0.1) is 24.1 Å². The molecule has 3 heterocycles. The maximum atomic E-state index is 14.0. The second kappa shape index (κ2) is 11.7.